The first-order chi connectivity index (χ1) is 18.6. The summed E-state index contributed by atoms with van der Waals surface area (Å²) in [6.07, 6.45) is 8.53. The number of H-pyrrole nitrogens is 1. The standard InChI is InChI=1S/C28H35N5O5/c1-36-12-11-29-27(34)18-5-7-19(8-6-18)33-28(35)22-14-30-26-24(31-16-32-25(22)26)21-10-9-20(37-2)13-23(21)38-15-17-3-4-17/h9-10,13-14,16-19,30H,3-8,11-12,15H2,1-2H3,(H,29,34)(H,33,35)/t18-,19-. The van der Waals surface area contributed by atoms with Crippen LogP contribution < -0.4 is 20.1 Å². The van der Waals surface area contributed by atoms with Gasteiger partial charge in [0.15, 0.2) is 0 Å². The van der Waals surface area contributed by atoms with Crippen LogP contribution in [-0.4, -0.2) is 66.8 Å². The molecule has 10 nitrogen and oxygen atoms in total. The quantitative estimate of drug-likeness (QED) is 0.330. The second-order valence-corrected chi connectivity index (χ2v) is 10.1. The molecule has 0 aliphatic heterocycles. The molecule has 2 saturated carbocycles. The van der Waals surface area contributed by atoms with E-state index in [0.29, 0.717) is 59.5 Å². The van der Waals surface area contributed by atoms with Gasteiger partial charge in [0.2, 0.25) is 5.91 Å². The van der Waals surface area contributed by atoms with E-state index in [0.717, 1.165) is 31.2 Å². The molecule has 0 bridgehead atoms. The fourth-order valence-electron chi connectivity index (χ4n) is 4.94. The van der Waals surface area contributed by atoms with Gasteiger partial charge in [-0.25, -0.2) is 9.97 Å². The highest BCUT2D eigenvalue weighted by atomic mass is 16.5. The van der Waals surface area contributed by atoms with E-state index in [1.54, 1.807) is 20.4 Å². The number of ether oxygens (including phenoxy) is 3. The van der Waals surface area contributed by atoms with E-state index in [1.165, 1.54) is 19.2 Å². The van der Waals surface area contributed by atoms with Gasteiger partial charge in [0.05, 0.1) is 31.4 Å². The molecule has 2 aromatic heterocycles. The Morgan fingerprint density at radius 3 is 2.63 bits per heavy atom. The number of nitrogens with one attached hydrogen (secondary N) is 3. The Hall–Kier alpha value is -3.66. The van der Waals surface area contributed by atoms with Crippen LogP contribution in [0.2, 0.25) is 0 Å². The van der Waals surface area contributed by atoms with Gasteiger partial charge in [-0.15, -0.1) is 0 Å². The van der Waals surface area contributed by atoms with Crippen molar-refractivity contribution in [1.82, 2.24) is 25.6 Å². The third-order valence-electron chi connectivity index (χ3n) is 7.36. The zero-order chi connectivity index (χ0) is 26.5. The molecule has 5 rings (SSSR count). The Labute approximate surface area is 221 Å². The highest BCUT2D eigenvalue weighted by Gasteiger charge is 2.28. The summed E-state index contributed by atoms with van der Waals surface area (Å²) < 4.78 is 16.5. The SMILES string of the molecule is COCCNC(=O)[C@H]1CC[C@H](NC(=O)c2c[nH]c3c(-c4ccc(OC)cc4OCC4CC4)ncnc23)CC1. The number of aromatic nitrogens is 3. The van der Waals surface area contributed by atoms with E-state index >= 15 is 0 Å². The Balaban J connectivity index is 1.28. The molecule has 0 atom stereocenters. The molecule has 3 N–H and O–H groups in total. The average molecular weight is 522 g/mol. The monoisotopic (exact) mass is 521 g/mol. The topological polar surface area (TPSA) is 127 Å². The molecule has 0 saturated heterocycles. The number of carbonyl (C=O) groups is 2. The van der Waals surface area contributed by atoms with E-state index in [9.17, 15) is 9.59 Å². The first kappa shape index (κ1) is 26.0. The molecule has 2 aliphatic rings. The molecule has 38 heavy (non-hydrogen) atoms. The van der Waals surface area contributed by atoms with Crippen LogP contribution in [0, 0.1) is 11.8 Å². The lowest BCUT2D eigenvalue weighted by Gasteiger charge is -2.28. The first-order valence-corrected chi connectivity index (χ1v) is 13.3. The van der Waals surface area contributed by atoms with Crippen molar-refractivity contribution in [2.45, 2.75) is 44.6 Å². The molecule has 2 fully saturated rings. The van der Waals surface area contributed by atoms with Gasteiger partial charge in [-0.3, -0.25) is 9.59 Å². The third kappa shape index (κ3) is 5.91. The van der Waals surface area contributed by atoms with Gasteiger partial charge < -0.3 is 29.8 Å². The summed E-state index contributed by atoms with van der Waals surface area (Å²) in [5, 5.41) is 6.05. The zero-order valence-electron chi connectivity index (χ0n) is 21.9. The molecular formula is C28H35N5O5. The minimum Gasteiger partial charge on any atom is -0.497 e. The number of carbonyl (C=O) groups excluding carboxylic acids is 2. The molecule has 0 radical (unpaired) electrons. The van der Waals surface area contributed by atoms with Crippen molar-refractivity contribution in [1.29, 1.82) is 0 Å². The Bertz CT molecular complexity index is 1280. The van der Waals surface area contributed by atoms with Gasteiger partial charge in [-0.1, -0.05) is 0 Å². The maximum atomic E-state index is 13.2. The van der Waals surface area contributed by atoms with Crippen LogP contribution in [0.5, 0.6) is 11.5 Å². The molecule has 10 heteroatoms. The lowest BCUT2D eigenvalue weighted by atomic mass is 9.85. The summed E-state index contributed by atoms with van der Waals surface area (Å²) >= 11 is 0. The van der Waals surface area contributed by atoms with Crippen molar-refractivity contribution >= 4 is 22.8 Å². The fraction of sp³-hybridized carbons (Fsp3) is 0.500. The minimum atomic E-state index is -0.186. The largest absolute Gasteiger partial charge is 0.497 e. The van der Waals surface area contributed by atoms with Crippen LogP contribution in [0.3, 0.4) is 0 Å². The number of amides is 2. The second-order valence-electron chi connectivity index (χ2n) is 10.1. The normalized spacial score (nSPS) is 19.2. The number of rotatable bonds is 11. The van der Waals surface area contributed by atoms with Crippen LogP contribution in [0.4, 0.5) is 0 Å². The Morgan fingerprint density at radius 2 is 1.89 bits per heavy atom. The van der Waals surface area contributed by atoms with Crippen molar-refractivity contribution in [2.24, 2.45) is 11.8 Å². The van der Waals surface area contributed by atoms with Crippen molar-refractivity contribution in [3.8, 4) is 22.8 Å². The van der Waals surface area contributed by atoms with Crippen molar-refractivity contribution in [2.75, 3.05) is 34.0 Å². The number of hydrogen-bond acceptors (Lipinski definition) is 7. The van der Waals surface area contributed by atoms with E-state index in [4.69, 9.17) is 14.2 Å². The number of hydrogen-bond donors (Lipinski definition) is 3. The predicted octanol–water partition coefficient (Wildman–Crippen LogP) is 3.47. The number of methoxy groups -OCH3 is 2. The predicted molar refractivity (Wildman–Crippen MR) is 142 cm³/mol. The molecule has 1 aromatic carbocycles. The van der Waals surface area contributed by atoms with Crippen molar-refractivity contribution < 1.29 is 23.8 Å². The van der Waals surface area contributed by atoms with Crippen LogP contribution in [0.25, 0.3) is 22.3 Å². The number of nitrogens with zero attached hydrogens (tertiary/aromatic N) is 2. The minimum absolute atomic E-state index is 0.0146. The van der Waals surface area contributed by atoms with Gasteiger partial charge in [-0.05, 0) is 56.6 Å². The number of fused-ring (bicyclic) bond motifs is 1. The fourth-order valence-corrected chi connectivity index (χ4v) is 4.94. The van der Waals surface area contributed by atoms with E-state index in [2.05, 4.69) is 25.6 Å². The summed E-state index contributed by atoms with van der Waals surface area (Å²) in [5.41, 5.74) is 3.19. The van der Waals surface area contributed by atoms with Gasteiger partial charge in [0.1, 0.15) is 29.0 Å². The molecule has 3 aromatic rings. The maximum Gasteiger partial charge on any atom is 0.255 e. The van der Waals surface area contributed by atoms with Crippen molar-refractivity contribution in [3.63, 3.8) is 0 Å². The number of aromatic amines is 1. The van der Waals surface area contributed by atoms with Gasteiger partial charge in [-0.2, -0.15) is 0 Å². The maximum absolute atomic E-state index is 13.2. The first-order valence-electron chi connectivity index (χ1n) is 13.3. The highest BCUT2D eigenvalue weighted by molar-refractivity contribution is 6.08. The summed E-state index contributed by atoms with van der Waals surface area (Å²) in [6.45, 7) is 1.67. The average Bonchev–Trinajstić information content (AvgIpc) is 3.67. The third-order valence-corrected chi connectivity index (χ3v) is 7.36. The molecule has 202 valence electrons. The second kappa shape index (κ2) is 11.8. The van der Waals surface area contributed by atoms with Crippen LogP contribution >= 0.6 is 0 Å². The Morgan fingerprint density at radius 1 is 1.08 bits per heavy atom. The molecule has 2 aliphatic carbocycles. The Kier molecular flexibility index (Phi) is 8.07. The lowest BCUT2D eigenvalue weighted by Crippen LogP contribution is -2.41. The molecular weight excluding hydrogens is 486 g/mol. The van der Waals surface area contributed by atoms with Crippen LogP contribution in [-0.2, 0) is 9.53 Å². The van der Waals surface area contributed by atoms with Gasteiger partial charge in [0, 0.05) is 43.4 Å². The molecule has 0 spiro atoms. The van der Waals surface area contributed by atoms with E-state index < -0.39 is 0 Å². The summed E-state index contributed by atoms with van der Waals surface area (Å²) in [6, 6.07) is 5.68. The van der Waals surface area contributed by atoms with Crippen LogP contribution in [0.1, 0.15) is 48.9 Å². The summed E-state index contributed by atoms with van der Waals surface area (Å²) in [4.78, 5) is 37.7. The molecule has 2 amide bonds. The number of benzene rings is 1. The summed E-state index contributed by atoms with van der Waals surface area (Å²) in [7, 11) is 3.24. The highest BCUT2D eigenvalue weighted by Crippen LogP contribution is 2.38. The van der Waals surface area contributed by atoms with E-state index in [1.807, 2.05) is 18.2 Å². The van der Waals surface area contributed by atoms with Crippen LogP contribution in [0.15, 0.2) is 30.7 Å². The smallest absolute Gasteiger partial charge is 0.255 e. The molecule has 2 heterocycles. The van der Waals surface area contributed by atoms with Crippen molar-refractivity contribution in [3.05, 3.63) is 36.3 Å². The summed E-state index contributed by atoms with van der Waals surface area (Å²) in [5.74, 6) is 1.85. The molecule has 0 unspecified atom stereocenters. The zero-order valence-corrected chi connectivity index (χ0v) is 21.9. The lowest BCUT2D eigenvalue weighted by molar-refractivity contribution is -0.126. The van der Waals surface area contributed by atoms with Gasteiger partial charge >= 0.3 is 0 Å². The van der Waals surface area contributed by atoms with E-state index in [-0.39, 0.29) is 23.8 Å². The van der Waals surface area contributed by atoms with Gasteiger partial charge in [0.25, 0.3) is 5.91 Å².